The van der Waals surface area contributed by atoms with E-state index in [9.17, 15) is 14.4 Å². The second kappa shape index (κ2) is 11.1. The van der Waals surface area contributed by atoms with Gasteiger partial charge < -0.3 is 20.4 Å². The van der Waals surface area contributed by atoms with Gasteiger partial charge in [-0.15, -0.1) is 0 Å². The van der Waals surface area contributed by atoms with E-state index < -0.39 is 6.04 Å². The van der Waals surface area contributed by atoms with E-state index in [4.69, 9.17) is 23.2 Å². The van der Waals surface area contributed by atoms with E-state index >= 15 is 0 Å². The first-order valence-electron chi connectivity index (χ1n) is 11.2. The first-order chi connectivity index (χ1) is 16.4. The van der Waals surface area contributed by atoms with E-state index in [1.54, 1.807) is 24.3 Å². The van der Waals surface area contributed by atoms with E-state index in [0.29, 0.717) is 28.8 Å². The number of nitrogens with zero attached hydrogens (tertiary/aromatic N) is 3. The van der Waals surface area contributed by atoms with Gasteiger partial charge in [-0.25, -0.2) is 0 Å². The van der Waals surface area contributed by atoms with Crippen LogP contribution in [0.15, 0.2) is 48.5 Å². The Morgan fingerprint density at radius 1 is 0.971 bits per heavy atom. The summed E-state index contributed by atoms with van der Waals surface area (Å²) in [6, 6.07) is 13.7. The lowest BCUT2D eigenvalue weighted by atomic mass is 10.1. The van der Waals surface area contributed by atoms with Gasteiger partial charge in [-0.2, -0.15) is 0 Å². The Morgan fingerprint density at radius 2 is 1.68 bits per heavy atom. The molecule has 2 N–H and O–H groups in total. The van der Waals surface area contributed by atoms with Crippen molar-refractivity contribution >= 4 is 52.3 Å². The van der Waals surface area contributed by atoms with E-state index in [0.717, 1.165) is 31.9 Å². The fourth-order valence-electron chi connectivity index (χ4n) is 4.29. The molecule has 2 aromatic rings. The van der Waals surface area contributed by atoms with Crippen LogP contribution in [0.4, 0.5) is 11.4 Å². The summed E-state index contributed by atoms with van der Waals surface area (Å²) in [7, 11) is 0. The number of piperazine rings is 2. The summed E-state index contributed by atoms with van der Waals surface area (Å²) < 4.78 is 0. The zero-order valence-corrected chi connectivity index (χ0v) is 20.2. The van der Waals surface area contributed by atoms with Gasteiger partial charge in [-0.05, 0) is 36.4 Å². The highest BCUT2D eigenvalue weighted by Crippen LogP contribution is 2.21. The zero-order chi connectivity index (χ0) is 24.1. The second-order valence-electron chi connectivity index (χ2n) is 8.40. The molecule has 2 fully saturated rings. The van der Waals surface area contributed by atoms with Gasteiger partial charge in [0.15, 0.2) is 0 Å². The molecule has 2 saturated heterocycles. The van der Waals surface area contributed by atoms with E-state index in [1.165, 1.54) is 4.90 Å². The number of halogens is 2. The van der Waals surface area contributed by atoms with Crippen LogP contribution in [-0.4, -0.2) is 79.4 Å². The summed E-state index contributed by atoms with van der Waals surface area (Å²) in [5.74, 6) is -0.810. The number of carbonyl (C=O) groups excluding carboxylic acids is 3. The molecule has 0 aromatic heterocycles. The smallest absolute Gasteiger partial charge is 0.243 e. The van der Waals surface area contributed by atoms with Crippen molar-refractivity contribution in [1.29, 1.82) is 0 Å². The summed E-state index contributed by atoms with van der Waals surface area (Å²) in [6.45, 7) is 3.96. The number of hydrogen-bond acceptors (Lipinski definition) is 5. The Balaban J connectivity index is 1.32. The van der Waals surface area contributed by atoms with Crippen molar-refractivity contribution in [1.82, 2.24) is 15.1 Å². The third kappa shape index (κ3) is 6.20. The number of hydrogen-bond donors (Lipinski definition) is 2. The van der Waals surface area contributed by atoms with Gasteiger partial charge >= 0.3 is 0 Å². The van der Waals surface area contributed by atoms with Crippen molar-refractivity contribution in [2.24, 2.45) is 0 Å². The summed E-state index contributed by atoms with van der Waals surface area (Å²) in [4.78, 5) is 44.1. The van der Waals surface area contributed by atoms with Crippen LogP contribution in [0.2, 0.25) is 10.0 Å². The molecular weight excluding hydrogens is 477 g/mol. The van der Waals surface area contributed by atoms with E-state index in [2.05, 4.69) is 20.4 Å². The van der Waals surface area contributed by atoms with Crippen molar-refractivity contribution in [2.75, 3.05) is 56.0 Å². The minimum absolute atomic E-state index is 0.118. The SMILES string of the molecule is O=C(C[C@@H]1C(=O)NCCN1C(=O)CN1CCN(c2cccc(Cl)c2)CC1)Nc1cccc(Cl)c1. The number of benzene rings is 2. The minimum atomic E-state index is -0.840. The molecule has 0 saturated carbocycles. The normalized spacial score (nSPS) is 19.0. The van der Waals surface area contributed by atoms with Gasteiger partial charge in [-0.1, -0.05) is 35.3 Å². The summed E-state index contributed by atoms with van der Waals surface area (Å²) >= 11 is 12.1. The molecule has 2 aliphatic heterocycles. The molecule has 0 spiro atoms. The van der Waals surface area contributed by atoms with Gasteiger partial charge in [0, 0.05) is 60.7 Å². The summed E-state index contributed by atoms with van der Waals surface area (Å²) in [5, 5.41) is 6.71. The molecule has 3 amide bonds. The average Bonchev–Trinajstić information content (AvgIpc) is 2.81. The first-order valence-corrected chi connectivity index (χ1v) is 12.0. The Labute approximate surface area is 208 Å². The largest absolute Gasteiger partial charge is 0.369 e. The predicted octanol–water partition coefficient (Wildman–Crippen LogP) is 2.47. The highest BCUT2D eigenvalue weighted by molar-refractivity contribution is 6.31. The Bertz CT molecular complexity index is 1060. The zero-order valence-electron chi connectivity index (χ0n) is 18.7. The summed E-state index contributed by atoms with van der Waals surface area (Å²) in [5.41, 5.74) is 1.61. The molecule has 8 nitrogen and oxygen atoms in total. The number of carbonyl (C=O) groups is 3. The maximum absolute atomic E-state index is 13.1. The molecule has 2 aromatic carbocycles. The van der Waals surface area contributed by atoms with Crippen molar-refractivity contribution in [3.63, 3.8) is 0 Å². The average molecular weight is 504 g/mol. The number of anilines is 2. The minimum Gasteiger partial charge on any atom is -0.369 e. The molecule has 0 bridgehead atoms. The highest BCUT2D eigenvalue weighted by atomic mass is 35.5. The van der Waals surface area contributed by atoms with Crippen LogP contribution in [0.3, 0.4) is 0 Å². The van der Waals surface area contributed by atoms with Gasteiger partial charge in [0.05, 0.1) is 13.0 Å². The van der Waals surface area contributed by atoms with Gasteiger partial charge in [0.1, 0.15) is 6.04 Å². The fourth-order valence-corrected chi connectivity index (χ4v) is 4.66. The molecule has 1 atom stereocenters. The molecule has 180 valence electrons. The number of amides is 3. The standard InChI is InChI=1S/C24H27Cl2N5O3/c25-17-3-1-5-19(13-17)28-22(32)15-21-24(34)27-7-8-31(21)23(33)16-29-9-11-30(12-10-29)20-6-2-4-18(26)14-20/h1-6,13-14,21H,7-12,15-16H2,(H,27,34)(H,28,32)/t21-/m1/s1. The van der Waals surface area contributed by atoms with E-state index in [1.807, 2.05) is 24.3 Å². The van der Waals surface area contributed by atoms with Crippen molar-refractivity contribution in [2.45, 2.75) is 12.5 Å². The molecule has 10 heteroatoms. The maximum Gasteiger partial charge on any atom is 0.243 e. The number of rotatable bonds is 6. The lowest BCUT2D eigenvalue weighted by Gasteiger charge is -2.39. The van der Waals surface area contributed by atoms with Gasteiger partial charge in [0.25, 0.3) is 0 Å². The Hall–Kier alpha value is -2.81. The van der Waals surface area contributed by atoms with Crippen LogP contribution in [-0.2, 0) is 14.4 Å². The number of nitrogens with one attached hydrogen (secondary N) is 2. The molecule has 4 rings (SSSR count). The van der Waals surface area contributed by atoms with Gasteiger partial charge in [0.2, 0.25) is 17.7 Å². The van der Waals surface area contributed by atoms with Crippen LogP contribution in [0.1, 0.15) is 6.42 Å². The quantitative estimate of drug-likeness (QED) is 0.632. The Kier molecular flexibility index (Phi) is 7.92. The van der Waals surface area contributed by atoms with E-state index in [-0.39, 0.29) is 30.7 Å². The molecule has 2 aliphatic rings. The maximum atomic E-state index is 13.1. The van der Waals surface area contributed by atoms with Crippen LogP contribution < -0.4 is 15.5 Å². The van der Waals surface area contributed by atoms with Crippen LogP contribution in [0, 0.1) is 0 Å². The topological polar surface area (TPSA) is 85.0 Å². The molecule has 2 heterocycles. The Morgan fingerprint density at radius 3 is 2.38 bits per heavy atom. The molecule has 0 unspecified atom stereocenters. The fraction of sp³-hybridized carbons (Fsp3) is 0.375. The molecule has 0 aliphatic carbocycles. The predicted molar refractivity (Wildman–Crippen MR) is 133 cm³/mol. The lowest BCUT2D eigenvalue weighted by molar-refractivity contribution is -0.145. The second-order valence-corrected chi connectivity index (χ2v) is 9.27. The molecular formula is C24H27Cl2N5O3. The molecule has 0 radical (unpaired) electrons. The van der Waals surface area contributed by atoms with Crippen LogP contribution >= 0.6 is 23.2 Å². The van der Waals surface area contributed by atoms with Crippen molar-refractivity contribution in [3.05, 3.63) is 58.6 Å². The third-order valence-electron chi connectivity index (χ3n) is 6.04. The summed E-state index contributed by atoms with van der Waals surface area (Å²) in [6.07, 6.45) is -0.118. The van der Waals surface area contributed by atoms with Gasteiger partial charge in [-0.3, -0.25) is 19.3 Å². The highest BCUT2D eigenvalue weighted by Gasteiger charge is 2.35. The van der Waals surface area contributed by atoms with Crippen molar-refractivity contribution in [3.8, 4) is 0 Å². The molecule has 34 heavy (non-hydrogen) atoms. The monoisotopic (exact) mass is 503 g/mol. The van der Waals surface area contributed by atoms with Crippen LogP contribution in [0.25, 0.3) is 0 Å². The third-order valence-corrected chi connectivity index (χ3v) is 6.51. The van der Waals surface area contributed by atoms with Crippen molar-refractivity contribution < 1.29 is 14.4 Å². The first kappa shape index (κ1) is 24.3. The lowest BCUT2D eigenvalue weighted by Crippen LogP contribution is -2.60. The van der Waals surface area contributed by atoms with Crippen LogP contribution in [0.5, 0.6) is 0 Å².